The number of carbonyl (C=O) groups is 3. The van der Waals surface area contributed by atoms with Crippen LogP contribution in [0.15, 0.2) is 60.8 Å². The first-order valence-corrected chi connectivity index (χ1v) is 12.9. The van der Waals surface area contributed by atoms with E-state index in [1.54, 1.807) is 31.3 Å². The molecule has 216 valence electrons. The first-order valence-electron chi connectivity index (χ1n) is 12.9. The molecule has 42 heavy (non-hydrogen) atoms. The normalized spacial score (nSPS) is 17.1. The molecule has 0 unspecified atom stereocenters. The lowest BCUT2D eigenvalue weighted by molar-refractivity contribution is -0.123. The maximum Gasteiger partial charge on any atom is 0.506 e. The van der Waals surface area contributed by atoms with E-state index in [0.717, 1.165) is 0 Å². The number of nitrogens with zero attached hydrogens (tertiary/aromatic N) is 2. The minimum Gasteiger partial charge on any atom is -0.489 e. The molecule has 5 N–H and O–H groups in total. The molecule has 11 nitrogen and oxygen atoms in total. The molecule has 0 radical (unpaired) electrons. The first kappa shape index (κ1) is 28.4. The van der Waals surface area contributed by atoms with Crippen LogP contribution in [0.3, 0.4) is 0 Å². The van der Waals surface area contributed by atoms with Gasteiger partial charge in [0.15, 0.2) is 0 Å². The number of aliphatic hydroxyl groups is 1. The highest BCUT2D eigenvalue weighted by atomic mass is 19.1. The average molecular weight is 575 g/mol. The standard InChI is InChI=1S/C30H27FN4O7/c1-29(27(32)37)15-42-25-21(29)12-22(35-24(25)16-5-7-20(31)8-6-16)30(2,40)14-34-26(36)18-10-17-4-3-9-33-23(17)19(11-18)13-41-28(38)39/h3-12,40H,13-15H2,1-2H3,(H2,32,37)(H,34,36)(H,38,39)/t29-,30-/m0/s1. The van der Waals surface area contributed by atoms with Gasteiger partial charge in [-0.05, 0) is 62.4 Å². The molecule has 0 saturated carbocycles. The minimum absolute atomic E-state index is 0.0411. The predicted molar refractivity (Wildman–Crippen MR) is 148 cm³/mol. The Bertz CT molecular complexity index is 1730. The molecule has 5 rings (SSSR count). The zero-order chi connectivity index (χ0) is 30.2. The van der Waals surface area contributed by atoms with Gasteiger partial charge in [0, 0.05) is 33.8 Å². The monoisotopic (exact) mass is 574 g/mol. The van der Waals surface area contributed by atoms with Crippen molar-refractivity contribution in [1.82, 2.24) is 15.3 Å². The molecule has 0 fully saturated rings. The molecule has 0 spiro atoms. The van der Waals surface area contributed by atoms with E-state index in [0.29, 0.717) is 33.3 Å². The van der Waals surface area contributed by atoms with Crippen molar-refractivity contribution in [2.75, 3.05) is 13.2 Å². The molecule has 3 heterocycles. The van der Waals surface area contributed by atoms with Crippen molar-refractivity contribution < 1.29 is 38.5 Å². The van der Waals surface area contributed by atoms with Crippen molar-refractivity contribution in [2.45, 2.75) is 31.5 Å². The summed E-state index contributed by atoms with van der Waals surface area (Å²) in [4.78, 5) is 45.5. The number of primary amides is 1. The van der Waals surface area contributed by atoms with Crippen LogP contribution in [0.25, 0.3) is 22.2 Å². The number of carbonyl (C=O) groups excluding carboxylic acids is 2. The molecule has 2 amide bonds. The lowest BCUT2D eigenvalue weighted by Gasteiger charge is -2.26. The number of pyridine rings is 2. The number of hydrogen-bond donors (Lipinski definition) is 4. The predicted octanol–water partition coefficient (Wildman–Crippen LogP) is 3.40. The van der Waals surface area contributed by atoms with Crippen molar-refractivity contribution in [3.63, 3.8) is 0 Å². The highest BCUT2D eigenvalue weighted by Crippen LogP contribution is 2.45. The number of halogens is 1. The fraction of sp³-hybridized carbons (Fsp3) is 0.233. The van der Waals surface area contributed by atoms with E-state index in [2.05, 4.69) is 15.3 Å². The summed E-state index contributed by atoms with van der Waals surface area (Å²) in [7, 11) is 0. The largest absolute Gasteiger partial charge is 0.506 e. The lowest BCUT2D eigenvalue weighted by atomic mass is 9.82. The van der Waals surface area contributed by atoms with Gasteiger partial charge in [0.1, 0.15) is 41.5 Å². The fourth-order valence-electron chi connectivity index (χ4n) is 4.76. The van der Waals surface area contributed by atoms with E-state index in [4.69, 9.17) is 20.3 Å². The van der Waals surface area contributed by atoms with Gasteiger partial charge in [-0.3, -0.25) is 14.6 Å². The van der Waals surface area contributed by atoms with Crippen molar-refractivity contribution >= 4 is 28.9 Å². The Kier molecular flexibility index (Phi) is 7.25. The molecular weight excluding hydrogens is 547 g/mol. The van der Waals surface area contributed by atoms with Crippen LogP contribution in [0.2, 0.25) is 0 Å². The highest BCUT2D eigenvalue weighted by Gasteiger charge is 2.45. The summed E-state index contributed by atoms with van der Waals surface area (Å²) in [5.74, 6) is -1.34. The van der Waals surface area contributed by atoms with Gasteiger partial charge in [-0.2, -0.15) is 0 Å². The number of nitrogens with one attached hydrogen (secondary N) is 1. The quantitative estimate of drug-likeness (QED) is 0.230. The Hall–Kier alpha value is -5.10. The number of aromatic nitrogens is 2. The van der Waals surface area contributed by atoms with Gasteiger partial charge in [0.2, 0.25) is 5.91 Å². The third-order valence-electron chi connectivity index (χ3n) is 7.28. The summed E-state index contributed by atoms with van der Waals surface area (Å²) < 4.78 is 24.2. The Morgan fingerprint density at radius 2 is 1.93 bits per heavy atom. The number of nitrogens with two attached hydrogens (primary N) is 1. The topological polar surface area (TPSA) is 174 Å². The van der Waals surface area contributed by atoms with Crippen molar-refractivity contribution in [2.24, 2.45) is 5.73 Å². The van der Waals surface area contributed by atoms with Crippen LogP contribution in [-0.2, 0) is 27.2 Å². The SMILES string of the molecule is C[C@](O)(CNC(=O)c1cc(COC(=O)O)c2ncccc2c1)c1cc2c(c(-c3ccc(F)cc3)n1)OC[C@]2(C)C(N)=O. The van der Waals surface area contributed by atoms with E-state index in [1.807, 2.05) is 0 Å². The molecule has 4 aromatic rings. The Labute approximate surface area is 239 Å². The van der Waals surface area contributed by atoms with E-state index in [-0.39, 0.29) is 36.7 Å². The van der Waals surface area contributed by atoms with E-state index in [1.165, 1.54) is 43.3 Å². The molecule has 2 aromatic heterocycles. The van der Waals surface area contributed by atoms with Crippen LogP contribution in [-0.4, -0.2) is 51.3 Å². The van der Waals surface area contributed by atoms with E-state index < -0.39 is 34.8 Å². The minimum atomic E-state index is -1.74. The Morgan fingerprint density at radius 1 is 1.19 bits per heavy atom. The second-order valence-electron chi connectivity index (χ2n) is 10.4. The third kappa shape index (κ3) is 5.31. The first-order chi connectivity index (χ1) is 19.9. The van der Waals surface area contributed by atoms with Crippen LogP contribution in [0, 0.1) is 5.82 Å². The van der Waals surface area contributed by atoms with Gasteiger partial charge >= 0.3 is 6.16 Å². The molecule has 2 aromatic carbocycles. The second kappa shape index (κ2) is 10.7. The van der Waals surface area contributed by atoms with Crippen molar-refractivity contribution in [1.29, 1.82) is 0 Å². The van der Waals surface area contributed by atoms with Gasteiger partial charge in [-0.15, -0.1) is 0 Å². The summed E-state index contributed by atoms with van der Waals surface area (Å²) in [6.45, 7) is 2.43. The Balaban J connectivity index is 1.47. The molecule has 1 aliphatic heterocycles. The van der Waals surface area contributed by atoms with Crippen molar-refractivity contribution in [3.05, 3.63) is 89.0 Å². The number of benzene rings is 2. The zero-order valence-electron chi connectivity index (χ0n) is 22.7. The smallest absolute Gasteiger partial charge is 0.489 e. The molecule has 0 aliphatic carbocycles. The maximum atomic E-state index is 13.7. The van der Waals surface area contributed by atoms with Gasteiger partial charge in [0.25, 0.3) is 5.91 Å². The molecule has 1 aliphatic rings. The summed E-state index contributed by atoms with van der Waals surface area (Å²) in [5, 5.41) is 23.7. The number of rotatable bonds is 8. The van der Waals surface area contributed by atoms with Crippen LogP contribution in [0.1, 0.15) is 41.0 Å². The van der Waals surface area contributed by atoms with E-state index in [9.17, 15) is 23.9 Å². The number of hydrogen-bond acceptors (Lipinski definition) is 8. The highest BCUT2D eigenvalue weighted by molar-refractivity contribution is 5.99. The number of amides is 2. The third-order valence-corrected chi connectivity index (χ3v) is 7.28. The number of ether oxygens (including phenoxy) is 2. The summed E-state index contributed by atoms with van der Waals surface area (Å²) in [5.41, 5.74) is 5.13. The average Bonchev–Trinajstić information content (AvgIpc) is 3.32. The molecule has 0 bridgehead atoms. The van der Waals surface area contributed by atoms with Gasteiger partial charge < -0.3 is 30.7 Å². The molecule has 12 heteroatoms. The maximum absolute atomic E-state index is 13.7. The second-order valence-corrected chi connectivity index (χ2v) is 10.4. The van der Waals surface area contributed by atoms with Crippen LogP contribution in [0.5, 0.6) is 5.75 Å². The Morgan fingerprint density at radius 3 is 2.62 bits per heavy atom. The van der Waals surface area contributed by atoms with Crippen LogP contribution < -0.4 is 15.8 Å². The molecular formula is C30H27FN4O7. The van der Waals surface area contributed by atoms with Gasteiger partial charge in [-0.25, -0.2) is 14.2 Å². The summed E-state index contributed by atoms with van der Waals surface area (Å²) >= 11 is 0. The zero-order valence-corrected chi connectivity index (χ0v) is 22.7. The summed E-state index contributed by atoms with van der Waals surface area (Å²) in [6.07, 6.45) is 0.0754. The van der Waals surface area contributed by atoms with Crippen LogP contribution in [0.4, 0.5) is 9.18 Å². The number of fused-ring (bicyclic) bond motifs is 2. The van der Waals surface area contributed by atoms with Gasteiger partial charge in [-0.1, -0.05) is 6.07 Å². The molecule has 0 saturated heterocycles. The van der Waals surface area contributed by atoms with Crippen LogP contribution >= 0.6 is 0 Å². The lowest BCUT2D eigenvalue weighted by Crippen LogP contribution is -2.41. The van der Waals surface area contributed by atoms with Crippen molar-refractivity contribution in [3.8, 4) is 17.0 Å². The number of carboxylic acid groups (broad SMARTS) is 1. The summed E-state index contributed by atoms with van der Waals surface area (Å²) in [6, 6.07) is 13.5. The molecule has 2 atom stereocenters. The van der Waals surface area contributed by atoms with E-state index >= 15 is 0 Å². The van der Waals surface area contributed by atoms with Gasteiger partial charge in [0.05, 0.1) is 17.8 Å². The fourth-order valence-corrected chi connectivity index (χ4v) is 4.76.